The molecule has 0 bridgehead atoms. The van der Waals surface area contributed by atoms with Crippen molar-refractivity contribution in [2.24, 2.45) is 0 Å². The van der Waals surface area contributed by atoms with Gasteiger partial charge in [-0.1, -0.05) is 31.5 Å². The molecule has 0 aliphatic carbocycles. The lowest BCUT2D eigenvalue weighted by Gasteiger charge is -2.12. The molecule has 0 amide bonds. The number of pyridine rings is 1. The lowest BCUT2D eigenvalue weighted by Crippen LogP contribution is -2.05. The van der Waals surface area contributed by atoms with Crippen LogP contribution in [0.25, 0.3) is 0 Å². The zero-order chi connectivity index (χ0) is 13.7. The van der Waals surface area contributed by atoms with E-state index in [-0.39, 0.29) is 5.75 Å². The minimum absolute atomic E-state index is 0.242. The van der Waals surface area contributed by atoms with Crippen molar-refractivity contribution in [1.29, 1.82) is 0 Å². The predicted octanol–water partition coefficient (Wildman–Crippen LogP) is 3.66. The third kappa shape index (κ3) is 3.47. The molecule has 3 nitrogen and oxygen atoms in total. The number of hydrogen-bond donors (Lipinski definition) is 2. The van der Waals surface area contributed by atoms with Crippen molar-refractivity contribution in [1.82, 2.24) is 4.98 Å². The Kier molecular flexibility index (Phi) is 4.39. The summed E-state index contributed by atoms with van der Waals surface area (Å²) in [6.45, 7) is 4.63. The molecule has 0 aliphatic heterocycles. The number of benzene rings is 1. The van der Waals surface area contributed by atoms with Crippen LogP contribution in [0.2, 0.25) is 0 Å². The number of para-hydroxylation sites is 1. The molecule has 1 heterocycles. The lowest BCUT2D eigenvalue weighted by molar-refractivity contribution is 0.464. The second-order valence-electron chi connectivity index (χ2n) is 4.68. The van der Waals surface area contributed by atoms with E-state index in [1.807, 2.05) is 19.1 Å². The first-order chi connectivity index (χ1) is 9.20. The van der Waals surface area contributed by atoms with Crippen LogP contribution in [0.3, 0.4) is 0 Å². The fourth-order valence-corrected chi connectivity index (χ4v) is 2.09. The number of rotatable bonds is 5. The van der Waals surface area contributed by atoms with Gasteiger partial charge in [-0.3, -0.25) is 4.98 Å². The van der Waals surface area contributed by atoms with Crippen molar-refractivity contribution in [3.8, 4) is 5.75 Å². The first-order valence-corrected chi connectivity index (χ1v) is 6.68. The monoisotopic (exact) mass is 256 g/mol. The van der Waals surface area contributed by atoms with Gasteiger partial charge in [-0.25, -0.2) is 0 Å². The number of hydrogen-bond acceptors (Lipinski definition) is 3. The van der Waals surface area contributed by atoms with E-state index in [1.54, 1.807) is 6.07 Å². The Labute approximate surface area is 114 Å². The highest BCUT2D eigenvalue weighted by Gasteiger charge is 2.05. The molecule has 0 saturated heterocycles. The van der Waals surface area contributed by atoms with E-state index in [0.717, 1.165) is 24.2 Å². The Bertz CT molecular complexity index is 552. The number of anilines is 1. The van der Waals surface area contributed by atoms with Gasteiger partial charge in [-0.2, -0.15) is 0 Å². The van der Waals surface area contributed by atoms with Crippen molar-refractivity contribution < 1.29 is 5.11 Å². The second kappa shape index (κ2) is 6.23. The summed E-state index contributed by atoms with van der Waals surface area (Å²) in [6.07, 6.45) is 2.17. The van der Waals surface area contributed by atoms with E-state index < -0.39 is 0 Å². The molecule has 0 spiro atoms. The molecule has 2 N–H and O–H groups in total. The topological polar surface area (TPSA) is 45.2 Å². The maximum absolute atomic E-state index is 9.78. The van der Waals surface area contributed by atoms with Crippen LogP contribution in [-0.2, 0) is 13.0 Å². The molecule has 3 heteroatoms. The Hall–Kier alpha value is -2.03. The third-order valence-electron chi connectivity index (χ3n) is 3.07. The molecule has 2 aromatic rings. The van der Waals surface area contributed by atoms with Crippen LogP contribution in [0.1, 0.15) is 30.3 Å². The maximum atomic E-state index is 9.78. The van der Waals surface area contributed by atoms with Crippen LogP contribution in [0.5, 0.6) is 5.75 Å². The largest absolute Gasteiger partial charge is 0.506 e. The molecule has 0 saturated carbocycles. The van der Waals surface area contributed by atoms with E-state index in [4.69, 9.17) is 0 Å². The van der Waals surface area contributed by atoms with Crippen LogP contribution in [-0.4, -0.2) is 10.1 Å². The molecule has 0 fully saturated rings. The van der Waals surface area contributed by atoms with Crippen LogP contribution < -0.4 is 5.32 Å². The summed E-state index contributed by atoms with van der Waals surface area (Å²) in [4.78, 5) is 4.35. The average molecular weight is 256 g/mol. The van der Waals surface area contributed by atoms with Crippen LogP contribution in [0.15, 0.2) is 36.4 Å². The highest BCUT2D eigenvalue weighted by molar-refractivity contribution is 5.51. The standard InChI is InChI=1S/C16H20N2O/c1-3-6-13-7-4-5-8-14(13)17-11-15-16(19)10-9-12(2)18-15/h4-5,7-10,17,19H,3,6,11H2,1-2H3. The maximum Gasteiger partial charge on any atom is 0.138 e. The smallest absolute Gasteiger partial charge is 0.138 e. The molecule has 1 aromatic carbocycles. The predicted molar refractivity (Wildman–Crippen MR) is 78.4 cm³/mol. The second-order valence-corrected chi connectivity index (χ2v) is 4.68. The van der Waals surface area contributed by atoms with Gasteiger partial charge in [-0.15, -0.1) is 0 Å². The van der Waals surface area contributed by atoms with E-state index in [0.29, 0.717) is 12.2 Å². The number of aryl methyl sites for hydroxylation is 2. The minimum Gasteiger partial charge on any atom is -0.506 e. The quantitative estimate of drug-likeness (QED) is 0.858. The molecule has 0 unspecified atom stereocenters. The van der Waals surface area contributed by atoms with E-state index in [2.05, 4.69) is 35.4 Å². The van der Waals surface area contributed by atoms with E-state index in [1.165, 1.54) is 5.56 Å². The SMILES string of the molecule is CCCc1ccccc1NCc1nc(C)ccc1O. The summed E-state index contributed by atoms with van der Waals surface area (Å²) in [7, 11) is 0. The zero-order valence-electron chi connectivity index (χ0n) is 11.5. The van der Waals surface area contributed by atoms with Crippen LogP contribution in [0, 0.1) is 6.92 Å². The summed E-state index contributed by atoms with van der Waals surface area (Å²) in [5.74, 6) is 0.242. The Morgan fingerprint density at radius 1 is 1.16 bits per heavy atom. The summed E-state index contributed by atoms with van der Waals surface area (Å²) < 4.78 is 0. The molecule has 100 valence electrons. The fourth-order valence-electron chi connectivity index (χ4n) is 2.09. The summed E-state index contributed by atoms with van der Waals surface area (Å²) in [5, 5.41) is 13.1. The van der Waals surface area contributed by atoms with Gasteiger partial charge in [0.05, 0.1) is 6.54 Å². The summed E-state index contributed by atoms with van der Waals surface area (Å²) >= 11 is 0. The fraction of sp³-hybridized carbons (Fsp3) is 0.312. The molecule has 0 atom stereocenters. The lowest BCUT2D eigenvalue weighted by atomic mass is 10.1. The van der Waals surface area contributed by atoms with Gasteiger partial charge in [0, 0.05) is 11.4 Å². The van der Waals surface area contributed by atoms with Crippen LogP contribution in [0.4, 0.5) is 5.69 Å². The molecule has 2 rings (SSSR count). The van der Waals surface area contributed by atoms with Gasteiger partial charge in [0.1, 0.15) is 11.4 Å². The number of nitrogens with one attached hydrogen (secondary N) is 1. The molecule has 0 radical (unpaired) electrons. The highest BCUT2D eigenvalue weighted by atomic mass is 16.3. The molecule has 0 aliphatic rings. The third-order valence-corrected chi connectivity index (χ3v) is 3.07. The summed E-state index contributed by atoms with van der Waals surface area (Å²) in [5.41, 5.74) is 4.02. The van der Waals surface area contributed by atoms with Gasteiger partial charge in [0.15, 0.2) is 0 Å². The number of aromatic nitrogens is 1. The summed E-state index contributed by atoms with van der Waals surface area (Å²) in [6, 6.07) is 11.8. The molecular weight excluding hydrogens is 236 g/mol. The molecule has 19 heavy (non-hydrogen) atoms. The molecular formula is C16H20N2O. The van der Waals surface area contributed by atoms with Crippen molar-refractivity contribution >= 4 is 5.69 Å². The highest BCUT2D eigenvalue weighted by Crippen LogP contribution is 2.20. The number of aromatic hydroxyl groups is 1. The minimum atomic E-state index is 0.242. The van der Waals surface area contributed by atoms with Crippen molar-refractivity contribution in [3.63, 3.8) is 0 Å². The Morgan fingerprint density at radius 3 is 2.74 bits per heavy atom. The van der Waals surface area contributed by atoms with Gasteiger partial charge in [0.25, 0.3) is 0 Å². The van der Waals surface area contributed by atoms with Crippen LogP contribution >= 0.6 is 0 Å². The van der Waals surface area contributed by atoms with Gasteiger partial charge < -0.3 is 10.4 Å². The van der Waals surface area contributed by atoms with Crippen molar-refractivity contribution in [3.05, 3.63) is 53.3 Å². The van der Waals surface area contributed by atoms with Crippen molar-refractivity contribution in [2.45, 2.75) is 33.2 Å². The Morgan fingerprint density at radius 2 is 1.95 bits per heavy atom. The normalized spacial score (nSPS) is 10.4. The van der Waals surface area contributed by atoms with E-state index in [9.17, 15) is 5.11 Å². The molecule has 1 aromatic heterocycles. The van der Waals surface area contributed by atoms with Gasteiger partial charge >= 0.3 is 0 Å². The first-order valence-electron chi connectivity index (χ1n) is 6.68. The average Bonchev–Trinajstić information content (AvgIpc) is 2.42. The zero-order valence-corrected chi connectivity index (χ0v) is 11.5. The first kappa shape index (κ1) is 13.4. The van der Waals surface area contributed by atoms with E-state index >= 15 is 0 Å². The van der Waals surface area contributed by atoms with Gasteiger partial charge in [-0.05, 0) is 37.1 Å². The van der Waals surface area contributed by atoms with Crippen molar-refractivity contribution in [2.75, 3.05) is 5.32 Å². The van der Waals surface area contributed by atoms with Gasteiger partial charge in [0.2, 0.25) is 0 Å². The Balaban J connectivity index is 2.12. The number of nitrogens with zero attached hydrogens (tertiary/aromatic N) is 1.